The van der Waals surface area contributed by atoms with Gasteiger partial charge >= 0.3 is 7.69 Å². The van der Waals surface area contributed by atoms with E-state index in [0.29, 0.717) is 14.1 Å². The van der Waals surface area contributed by atoms with Gasteiger partial charge in [-0.25, -0.2) is 4.39 Å². The zero-order chi connectivity index (χ0) is 7.40. The molecule has 1 saturated carbocycles. The molecule has 10 heavy (non-hydrogen) atoms. The van der Waals surface area contributed by atoms with E-state index in [-0.39, 0.29) is 0 Å². The zero-order valence-corrected chi connectivity index (χ0v) is 5.79. The maximum atomic E-state index is 12.8. The van der Waals surface area contributed by atoms with Crippen molar-refractivity contribution in [1.82, 2.24) is 0 Å². The van der Waals surface area contributed by atoms with E-state index in [9.17, 15) is 4.39 Å². The van der Waals surface area contributed by atoms with E-state index in [4.69, 9.17) is 5.02 Å². The van der Waals surface area contributed by atoms with Crippen LogP contribution in [-0.4, -0.2) is 25.0 Å². The largest absolute Gasteiger partial charge is 0.485 e. The van der Waals surface area contributed by atoms with Gasteiger partial charge < -0.3 is 9.68 Å². The molecule has 1 rings (SSSR count). The van der Waals surface area contributed by atoms with Crippen molar-refractivity contribution in [2.75, 3.05) is 0 Å². The Bertz CT molecular complexity index is 99.7. The molecule has 0 saturated heterocycles. The second kappa shape index (κ2) is 3.93. The van der Waals surface area contributed by atoms with E-state index in [1.807, 2.05) is 0 Å². The minimum Gasteiger partial charge on any atom is -0.429 e. The molecule has 0 aromatic rings. The molecular formula is C6H11BFO2. The van der Waals surface area contributed by atoms with Gasteiger partial charge in [0.2, 0.25) is 0 Å². The molecule has 0 spiro atoms. The maximum absolute atomic E-state index is 12.8. The summed E-state index contributed by atoms with van der Waals surface area (Å²) in [6.07, 6.45) is 1.93. The first kappa shape index (κ1) is 8.02. The molecule has 2 unspecified atom stereocenters. The van der Waals surface area contributed by atoms with Crippen LogP contribution < -0.4 is 0 Å². The molecule has 4 heteroatoms. The average Bonchev–Trinajstić information content (AvgIpc) is 1.94. The van der Waals surface area contributed by atoms with Crippen molar-refractivity contribution in [1.29, 1.82) is 0 Å². The van der Waals surface area contributed by atoms with Crippen LogP contribution in [0.3, 0.4) is 0 Å². The lowest BCUT2D eigenvalue weighted by atomic mass is 9.95. The van der Waals surface area contributed by atoms with E-state index in [1.54, 1.807) is 0 Å². The Morgan fingerprint density at radius 2 is 2.10 bits per heavy atom. The highest BCUT2D eigenvalue weighted by Gasteiger charge is 2.24. The lowest BCUT2D eigenvalue weighted by Crippen LogP contribution is -2.30. The summed E-state index contributed by atoms with van der Waals surface area (Å²) in [7, 11) is 0.586. The van der Waals surface area contributed by atoms with E-state index >= 15 is 0 Å². The van der Waals surface area contributed by atoms with Gasteiger partial charge in [0.05, 0.1) is 6.10 Å². The average molecular weight is 145 g/mol. The summed E-state index contributed by atoms with van der Waals surface area (Å²) in [5, 5.41) is 8.22. The Morgan fingerprint density at radius 1 is 1.40 bits per heavy atom. The highest BCUT2D eigenvalue weighted by Crippen LogP contribution is 2.22. The minimum absolute atomic E-state index is 0.404. The summed E-state index contributed by atoms with van der Waals surface area (Å²) < 4.78 is 17.4. The first-order chi connectivity index (χ1) is 4.84. The van der Waals surface area contributed by atoms with Gasteiger partial charge in [0.15, 0.2) is 0 Å². The van der Waals surface area contributed by atoms with Crippen molar-refractivity contribution in [2.24, 2.45) is 0 Å². The quantitative estimate of drug-likeness (QED) is 0.582. The topological polar surface area (TPSA) is 29.5 Å². The number of halogens is 1. The number of hydrogen-bond acceptors (Lipinski definition) is 2. The molecule has 0 heterocycles. The zero-order valence-electron chi connectivity index (χ0n) is 5.79. The SMILES string of the molecule is O[B]OC1CCCCC1F. The van der Waals surface area contributed by atoms with Crippen LogP contribution in [0, 0.1) is 0 Å². The molecule has 1 aliphatic carbocycles. The molecule has 2 nitrogen and oxygen atoms in total. The highest BCUT2D eigenvalue weighted by molar-refractivity contribution is 6.15. The molecule has 57 valence electrons. The van der Waals surface area contributed by atoms with Crippen LogP contribution in [0.15, 0.2) is 0 Å². The van der Waals surface area contributed by atoms with Crippen molar-refractivity contribution in [2.45, 2.75) is 38.0 Å². The van der Waals surface area contributed by atoms with Crippen LogP contribution in [-0.2, 0) is 4.65 Å². The molecule has 1 radical (unpaired) electrons. The molecule has 1 N–H and O–H groups in total. The third-order valence-electron chi connectivity index (χ3n) is 1.86. The van der Waals surface area contributed by atoms with Crippen molar-refractivity contribution in [3.8, 4) is 0 Å². The molecular weight excluding hydrogens is 134 g/mol. The second-order valence-electron chi connectivity index (χ2n) is 2.58. The van der Waals surface area contributed by atoms with Gasteiger partial charge in [0.25, 0.3) is 0 Å². The van der Waals surface area contributed by atoms with Crippen LogP contribution in [0.5, 0.6) is 0 Å². The summed E-state index contributed by atoms with van der Waals surface area (Å²) in [4.78, 5) is 0. The van der Waals surface area contributed by atoms with Crippen LogP contribution in [0.2, 0.25) is 0 Å². The monoisotopic (exact) mass is 145 g/mol. The van der Waals surface area contributed by atoms with Crippen LogP contribution in [0.4, 0.5) is 4.39 Å². The van der Waals surface area contributed by atoms with Gasteiger partial charge in [-0.15, -0.1) is 0 Å². The van der Waals surface area contributed by atoms with Gasteiger partial charge in [-0.3, -0.25) is 0 Å². The van der Waals surface area contributed by atoms with Gasteiger partial charge in [-0.1, -0.05) is 12.8 Å². The van der Waals surface area contributed by atoms with Crippen molar-refractivity contribution in [3.63, 3.8) is 0 Å². The third kappa shape index (κ3) is 1.95. The second-order valence-corrected chi connectivity index (χ2v) is 2.58. The van der Waals surface area contributed by atoms with Crippen molar-refractivity contribution < 1.29 is 14.1 Å². The van der Waals surface area contributed by atoms with E-state index < -0.39 is 12.3 Å². The highest BCUT2D eigenvalue weighted by atomic mass is 19.1. The predicted octanol–water partition coefficient (Wildman–Crippen LogP) is 0.810. The first-order valence-corrected chi connectivity index (χ1v) is 3.60. The summed E-state index contributed by atoms with van der Waals surface area (Å²) in [5.41, 5.74) is 0. The minimum atomic E-state index is -0.892. The lowest BCUT2D eigenvalue weighted by molar-refractivity contribution is 0.0555. The summed E-state index contributed by atoms with van der Waals surface area (Å²) in [5.74, 6) is 0. The molecule has 2 atom stereocenters. The molecule has 0 aromatic carbocycles. The van der Waals surface area contributed by atoms with Crippen molar-refractivity contribution in [3.05, 3.63) is 0 Å². The maximum Gasteiger partial charge on any atom is 0.485 e. The Balaban J connectivity index is 2.25. The van der Waals surface area contributed by atoms with E-state index in [1.165, 1.54) is 0 Å². The fourth-order valence-electron chi connectivity index (χ4n) is 1.28. The molecule has 0 bridgehead atoms. The third-order valence-corrected chi connectivity index (χ3v) is 1.86. The normalized spacial score (nSPS) is 33.8. The van der Waals surface area contributed by atoms with Crippen LogP contribution in [0.25, 0.3) is 0 Å². The number of alkyl halides is 1. The van der Waals surface area contributed by atoms with E-state index in [0.717, 1.165) is 19.3 Å². The fraction of sp³-hybridized carbons (Fsp3) is 1.00. The molecule has 0 aliphatic heterocycles. The van der Waals surface area contributed by atoms with Gasteiger partial charge in [0.1, 0.15) is 6.17 Å². The van der Waals surface area contributed by atoms with Gasteiger partial charge in [-0.2, -0.15) is 0 Å². The van der Waals surface area contributed by atoms with Crippen molar-refractivity contribution >= 4 is 7.69 Å². The van der Waals surface area contributed by atoms with Crippen LogP contribution in [0.1, 0.15) is 25.7 Å². The van der Waals surface area contributed by atoms with Gasteiger partial charge in [-0.05, 0) is 12.8 Å². The Kier molecular flexibility index (Phi) is 3.15. The van der Waals surface area contributed by atoms with Crippen LogP contribution >= 0.6 is 0 Å². The smallest absolute Gasteiger partial charge is 0.429 e. The lowest BCUT2D eigenvalue weighted by Gasteiger charge is -2.24. The standard InChI is InChI=1S/C6H11BFO2/c8-5-3-1-2-4-6(5)10-7-9/h5-6,9H,1-4H2. The number of hydrogen-bond donors (Lipinski definition) is 1. The fourth-order valence-corrected chi connectivity index (χ4v) is 1.28. The predicted molar refractivity (Wildman–Crippen MR) is 36.2 cm³/mol. The van der Waals surface area contributed by atoms with E-state index in [2.05, 4.69) is 4.65 Å². The molecule has 0 aromatic heterocycles. The Morgan fingerprint density at radius 3 is 2.70 bits per heavy atom. The molecule has 1 aliphatic rings. The first-order valence-electron chi connectivity index (χ1n) is 3.60. The Hall–Kier alpha value is -0.0851. The summed E-state index contributed by atoms with van der Waals surface area (Å²) in [6.45, 7) is 0. The van der Waals surface area contributed by atoms with Gasteiger partial charge in [0, 0.05) is 0 Å². The molecule has 1 fully saturated rings. The summed E-state index contributed by atoms with van der Waals surface area (Å²) >= 11 is 0. The summed E-state index contributed by atoms with van der Waals surface area (Å²) in [6, 6.07) is 0. The Labute approximate surface area is 60.7 Å². The molecule has 0 amide bonds. The number of rotatable bonds is 2.